The number of nitrogens with zero attached hydrogens (tertiary/aromatic N) is 1. The summed E-state index contributed by atoms with van der Waals surface area (Å²) in [5.74, 6) is -0.0331. The molecule has 1 amide bonds. The lowest BCUT2D eigenvalue weighted by atomic mass is 9.97. The molecule has 0 unspecified atom stereocenters. The molecule has 0 saturated heterocycles. The Hall–Kier alpha value is -2.62. The second-order valence-corrected chi connectivity index (χ2v) is 6.91. The van der Waals surface area contributed by atoms with E-state index in [9.17, 15) is 4.79 Å². The Bertz CT molecular complexity index is 828. The molecule has 0 aliphatic heterocycles. The van der Waals surface area contributed by atoms with Crippen LogP contribution in [0.3, 0.4) is 0 Å². The summed E-state index contributed by atoms with van der Waals surface area (Å²) in [7, 11) is 1.97. The van der Waals surface area contributed by atoms with Gasteiger partial charge in [0.05, 0.1) is 12.6 Å². The number of benzene rings is 3. The molecular formula is C23H23ClN2O. The highest BCUT2D eigenvalue weighted by Gasteiger charge is 2.21. The van der Waals surface area contributed by atoms with Crippen molar-refractivity contribution in [1.82, 2.24) is 10.2 Å². The van der Waals surface area contributed by atoms with Gasteiger partial charge in [0.2, 0.25) is 5.91 Å². The predicted molar refractivity (Wildman–Crippen MR) is 111 cm³/mol. The number of carbonyl (C=O) groups is 1. The molecule has 0 aliphatic carbocycles. The van der Waals surface area contributed by atoms with Crippen LogP contribution >= 0.6 is 11.6 Å². The van der Waals surface area contributed by atoms with E-state index in [0.29, 0.717) is 18.1 Å². The van der Waals surface area contributed by atoms with Crippen molar-refractivity contribution in [2.75, 3.05) is 13.6 Å². The Morgan fingerprint density at radius 2 is 1.41 bits per heavy atom. The molecule has 0 saturated carbocycles. The molecule has 0 atom stereocenters. The van der Waals surface area contributed by atoms with Gasteiger partial charge in [-0.1, -0.05) is 90.5 Å². The molecule has 0 fully saturated rings. The Kier molecular flexibility index (Phi) is 6.64. The summed E-state index contributed by atoms with van der Waals surface area (Å²) < 4.78 is 0. The van der Waals surface area contributed by atoms with Gasteiger partial charge in [0.15, 0.2) is 0 Å². The third kappa shape index (κ3) is 5.19. The van der Waals surface area contributed by atoms with E-state index in [-0.39, 0.29) is 11.9 Å². The predicted octanol–water partition coefficient (Wildman–Crippen LogP) is 4.68. The normalized spacial score (nSPS) is 11.0. The van der Waals surface area contributed by atoms with Crippen LogP contribution in [0.1, 0.15) is 22.7 Å². The molecule has 138 valence electrons. The van der Waals surface area contributed by atoms with Gasteiger partial charge in [-0.3, -0.25) is 9.69 Å². The highest BCUT2D eigenvalue weighted by Crippen LogP contribution is 2.27. The van der Waals surface area contributed by atoms with Crippen molar-refractivity contribution in [2.45, 2.75) is 12.6 Å². The minimum Gasteiger partial charge on any atom is -0.351 e. The topological polar surface area (TPSA) is 32.3 Å². The minimum atomic E-state index is -0.0331. The fourth-order valence-corrected chi connectivity index (χ4v) is 3.38. The van der Waals surface area contributed by atoms with Gasteiger partial charge in [-0.2, -0.15) is 0 Å². The van der Waals surface area contributed by atoms with Crippen molar-refractivity contribution in [2.24, 2.45) is 0 Å². The van der Waals surface area contributed by atoms with Crippen molar-refractivity contribution < 1.29 is 4.79 Å². The first-order valence-electron chi connectivity index (χ1n) is 8.95. The summed E-state index contributed by atoms with van der Waals surface area (Å²) >= 11 is 6.16. The summed E-state index contributed by atoms with van der Waals surface area (Å²) in [6.45, 7) is 0.715. The van der Waals surface area contributed by atoms with Crippen LogP contribution in [0, 0.1) is 0 Å². The lowest BCUT2D eigenvalue weighted by Gasteiger charge is -2.28. The monoisotopic (exact) mass is 378 g/mol. The number of likely N-dealkylation sites (N-methyl/N-ethyl adjacent to an activating group) is 1. The number of amides is 1. The molecular weight excluding hydrogens is 356 g/mol. The van der Waals surface area contributed by atoms with E-state index in [1.165, 1.54) is 0 Å². The summed E-state index contributed by atoms with van der Waals surface area (Å²) in [5, 5.41) is 3.63. The van der Waals surface area contributed by atoms with Crippen LogP contribution < -0.4 is 5.32 Å². The zero-order valence-corrected chi connectivity index (χ0v) is 16.1. The van der Waals surface area contributed by atoms with Gasteiger partial charge in [-0.25, -0.2) is 0 Å². The van der Waals surface area contributed by atoms with E-state index in [1.54, 1.807) is 0 Å². The molecule has 0 spiro atoms. The van der Waals surface area contributed by atoms with Gasteiger partial charge in [-0.05, 0) is 29.8 Å². The fraction of sp³-hybridized carbons (Fsp3) is 0.174. The Morgan fingerprint density at radius 1 is 0.889 bits per heavy atom. The second kappa shape index (κ2) is 9.36. The van der Waals surface area contributed by atoms with Crippen LogP contribution in [0.25, 0.3) is 0 Å². The average molecular weight is 379 g/mol. The van der Waals surface area contributed by atoms with Crippen molar-refractivity contribution in [1.29, 1.82) is 0 Å². The molecule has 3 aromatic carbocycles. The van der Waals surface area contributed by atoms with Gasteiger partial charge < -0.3 is 5.32 Å². The van der Waals surface area contributed by atoms with Gasteiger partial charge in [0, 0.05) is 11.6 Å². The van der Waals surface area contributed by atoms with Crippen LogP contribution in [0.4, 0.5) is 0 Å². The molecule has 3 rings (SSSR count). The SMILES string of the molecule is CN(CC(=O)NCc1ccccc1Cl)C(c1ccccc1)c1ccccc1. The second-order valence-electron chi connectivity index (χ2n) is 6.51. The number of nitrogens with one attached hydrogen (secondary N) is 1. The van der Waals surface area contributed by atoms with Gasteiger partial charge in [0.1, 0.15) is 0 Å². The lowest BCUT2D eigenvalue weighted by Crippen LogP contribution is -2.37. The van der Waals surface area contributed by atoms with Crippen LogP contribution in [0.15, 0.2) is 84.9 Å². The molecule has 3 nitrogen and oxygen atoms in total. The fourth-order valence-electron chi connectivity index (χ4n) is 3.18. The van der Waals surface area contributed by atoms with E-state index in [1.807, 2.05) is 67.7 Å². The first-order chi connectivity index (χ1) is 13.1. The van der Waals surface area contributed by atoms with Crippen LogP contribution in [0.2, 0.25) is 5.02 Å². The van der Waals surface area contributed by atoms with Crippen molar-refractivity contribution >= 4 is 17.5 Å². The van der Waals surface area contributed by atoms with Crippen LogP contribution in [-0.2, 0) is 11.3 Å². The standard InChI is InChI=1S/C23H23ClN2O/c1-26(17-22(27)25-16-20-14-8-9-15-21(20)24)23(18-10-4-2-5-11-18)19-12-6-3-7-13-19/h2-15,23H,16-17H2,1H3,(H,25,27). The largest absolute Gasteiger partial charge is 0.351 e. The summed E-state index contributed by atoms with van der Waals surface area (Å²) in [4.78, 5) is 14.6. The third-order valence-electron chi connectivity index (χ3n) is 4.50. The zero-order valence-electron chi connectivity index (χ0n) is 15.3. The highest BCUT2D eigenvalue weighted by molar-refractivity contribution is 6.31. The van der Waals surface area contributed by atoms with E-state index in [0.717, 1.165) is 16.7 Å². The smallest absolute Gasteiger partial charge is 0.234 e. The molecule has 0 heterocycles. The molecule has 4 heteroatoms. The summed E-state index contributed by atoms with van der Waals surface area (Å²) in [6, 6.07) is 28.0. The molecule has 1 N–H and O–H groups in total. The molecule has 0 bridgehead atoms. The van der Waals surface area contributed by atoms with Crippen LogP contribution in [-0.4, -0.2) is 24.4 Å². The quantitative estimate of drug-likeness (QED) is 0.647. The van der Waals surface area contributed by atoms with Crippen molar-refractivity contribution in [3.8, 4) is 0 Å². The number of rotatable bonds is 7. The van der Waals surface area contributed by atoms with E-state index in [2.05, 4.69) is 34.5 Å². The maximum atomic E-state index is 12.5. The lowest BCUT2D eigenvalue weighted by molar-refractivity contribution is -0.122. The number of hydrogen-bond donors (Lipinski definition) is 1. The van der Waals surface area contributed by atoms with E-state index >= 15 is 0 Å². The molecule has 3 aromatic rings. The zero-order chi connectivity index (χ0) is 19.1. The van der Waals surface area contributed by atoms with Gasteiger partial charge >= 0.3 is 0 Å². The van der Waals surface area contributed by atoms with E-state index < -0.39 is 0 Å². The minimum absolute atomic E-state index is 0.0125. The molecule has 0 aliphatic rings. The first-order valence-corrected chi connectivity index (χ1v) is 9.33. The number of carbonyl (C=O) groups excluding carboxylic acids is 1. The van der Waals surface area contributed by atoms with E-state index in [4.69, 9.17) is 11.6 Å². The third-order valence-corrected chi connectivity index (χ3v) is 4.87. The summed E-state index contributed by atoms with van der Waals surface area (Å²) in [6.07, 6.45) is 0. The maximum Gasteiger partial charge on any atom is 0.234 e. The Morgan fingerprint density at radius 3 is 1.96 bits per heavy atom. The Balaban J connectivity index is 1.70. The molecule has 0 aromatic heterocycles. The average Bonchev–Trinajstić information content (AvgIpc) is 2.69. The Labute approximate surface area is 165 Å². The van der Waals surface area contributed by atoms with Crippen molar-refractivity contribution in [3.63, 3.8) is 0 Å². The number of hydrogen-bond acceptors (Lipinski definition) is 2. The summed E-state index contributed by atoms with van der Waals surface area (Å²) in [5.41, 5.74) is 3.23. The van der Waals surface area contributed by atoms with Gasteiger partial charge in [-0.15, -0.1) is 0 Å². The molecule has 0 radical (unpaired) electrons. The van der Waals surface area contributed by atoms with Crippen molar-refractivity contribution in [3.05, 3.63) is 107 Å². The first kappa shape index (κ1) is 19.2. The highest BCUT2D eigenvalue weighted by atomic mass is 35.5. The van der Waals surface area contributed by atoms with Gasteiger partial charge in [0.25, 0.3) is 0 Å². The number of halogens is 1. The molecule has 27 heavy (non-hydrogen) atoms. The van der Waals surface area contributed by atoms with Crippen LogP contribution in [0.5, 0.6) is 0 Å². The maximum absolute atomic E-state index is 12.5.